The predicted molar refractivity (Wildman–Crippen MR) is 95.6 cm³/mol. The van der Waals surface area contributed by atoms with Crippen molar-refractivity contribution in [3.05, 3.63) is 53.6 Å². The van der Waals surface area contributed by atoms with E-state index in [9.17, 15) is 4.79 Å². The quantitative estimate of drug-likeness (QED) is 0.618. The minimum absolute atomic E-state index is 0.260. The molecule has 0 saturated heterocycles. The zero-order valence-electron chi connectivity index (χ0n) is 14.1. The predicted octanol–water partition coefficient (Wildman–Crippen LogP) is 4.38. The van der Waals surface area contributed by atoms with E-state index in [1.54, 1.807) is 0 Å². The molecule has 2 nitrogen and oxygen atoms in total. The second-order valence-electron chi connectivity index (χ2n) is 6.60. The molecule has 0 unspecified atom stereocenters. The molecule has 0 aliphatic carbocycles. The molecule has 0 amide bonds. The molecule has 0 aliphatic rings. The molecule has 2 rings (SSSR count). The first-order chi connectivity index (χ1) is 10.3. The van der Waals surface area contributed by atoms with Crippen LogP contribution in [-0.4, -0.2) is 20.7 Å². The van der Waals surface area contributed by atoms with Crippen LogP contribution in [-0.2, 0) is 4.74 Å². The number of benzene rings is 2. The van der Waals surface area contributed by atoms with Crippen molar-refractivity contribution in [1.29, 1.82) is 0 Å². The highest BCUT2D eigenvalue weighted by Gasteiger charge is 2.21. The number of hydrogen-bond donors (Lipinski definition) is 0. The Bertz CT molecular complexity index is 667. The van der Waals surface area contributed by atoms with Crippen molar-refractivity contribution < 1.29 is 9.53 Å². The Morgan fingerprint density at radius 2 is 1.68 bits per heavy atom. The van der Waals surface area contributed by atoms with Gasteiger partial charge in [0.05, 0.1) is 20.2 Å². The van der Waals surface area contributed by atoms with E-state index in [4.69, 9.17) is 4.74 Å². The Labute approximate surface area is 134 Å². The fraction of sp³-hybridized carbons (Fsp3) is 0.316. The van der Waals surface area contributed by atoms with Crippen molar-refractivity contribution >= 4 is 19.2 Å². The van der Waals surface area contributed by atoms with Crippen molar-refractivity contribution in [3.8, 4) is 11.1 Å². The molecule has 2 aromatic rings. The maximum atomic E-state index is 11.8. The number of hydrogen-bond acceptors (Lipinski definition) is 2. The fourth-order valence-electron chi connectivity index (χ4n) is 2.55. The van der Waals surface area contributed by atoms with Gasteiger partial charge in [-0.2, -0.15) is 0 Å². The molecule has 0 aliphatic heterocycles. The van der Waals surface area contributed by atoms with Gasteiger partial charge in [-0.25, -0.2) is 4.79 Å². The van der Waals surface area contributed by atoms with E-state index in [0.717, 1.165) is 5.56 Å². The summed E-state index contributed by atoms with van der Waals surface area (Å²) in [6, 6.07) is 14.4. The molecule has 116 valence electrons. The zero-order chi connectivity index (χ0) is 16.3. The summed E-state index contributed by atoms with van der Waals surface area (Å²) in [6.07, 6.45) is 0. The summed E-state index contributed by atoms with van der Waals surface area (Å²) in [7, 11) is -1.42. The number of esters is 1. The third kappa shape index (κ3) is 3.66. The number of ether oxygens (including phenoxy) is 1. The van der Waals surface area contributed by atoms with Crippen LogP contribution in [0.2, 0.25) is 19.6 Å². The van der Waals surface area contributed by atoms with E-state index in [1.165, 1.54) is 16.3 Å². The monoisotopic (exact) mass is 312 g/mol. The van der Waals surface area contributed by atoms with Crippen molar-refractivity contribution in [1.82, 2.24) is 0 Å². The van der Waals surface area contributed by atoms with Gasteiger partial charge < -0.3 is 4.74 Å². The van der Waals surface area contributed by atoms with Crippen LogP contribution in [0.4, 0.5) is 0 Å². The molecule has 0 fully saturated rings. The van der Waals surface area contributed by atoms with Gasteiger partial charge in [0.2, 0.25) is 0 Å². The molecule has 0 N–H and O–H groups in total. The van der Waals surface area contributed by atoms with E-state index < -0.39 is 8.07 Å². The summed E-state index contributed by atoms with van der Waals surface area (Å²) in [6.45, 7) is 11.4. The normalized spacial score (nSPS) is 11.3. The molecule has 3 heteroatoms. The third-order valence-corrected chi connectivity index (χ3v) is 5.74. The highest BCUT2D eigenvalue weighted by Crippen LogP contribution is 2.22. The van der Waals surface area contributed by atoms with Crippen LogP contribution in [0.1, 0.15) is 22.8 Å². The summed E-state index contributed by atoms with van der Waals surface area (Å²) in [5.41, 5.74) is 4.31. The van der Waals surface area contributed by atoms with Crippen LogP contribution in [0.5, 0.6) is 0 Å². The number of rotatable bonds is 4. The minimum Gasteiger partial charge on any atom is -0.462 e. The number of carbonyl (C=O) groups is 1. The molecular formula is C19H24O2Si. The maximum Gasteiger partial charge on any atom is 0.338 e. The van der Waals surface area contributed by atoms with Crippen LogP contribution in [0.15, 0.2) is 42.5 Å². The molecular weight excluding hydrogens is 288 g/mol. The Morgan fingerprint density at radius 3 is 2.23 bits per heavy atom. The van der Waals surface area contributed by atoms with E-state index in [0.29, 0.717) is 12.2 Å². The smallest absolute Gasteiger partial charge is 0.338 e. The van der Waals surface area contributed by atoms with Crippen LogP contribution >= 0.6 is 0 Å². The van der Waals surface area contributed by atoms with Crippen molar-refractivity contribution in [2.45, 2.75) is 33.5 Å². The SMILES string of the molecule is CCOC(=O)c1ccc(-c2cc(C)ccc2[Si](C)(C)C)cc1. The van der Waals surface area contributed by atoms with Crippen molar-refractivity contribution in [2.24, 2.45) is 0 Å². The standard InChI is InChI=1S/C19H24O2Si/c1-6-21-19(20)16-10-8-15(9-11-16)17-13-14(2)7-12-18(17)22(3,4)5/h7-13H,6H2,1-5H3. The van der Waals surface area contributed by atoms with Crippen LogP contribution in [0.3, 0.4) is 0 Å². The van der Waals surface area contributed by atoms with Crippen molar-refractivity contribution in [2.75, 3.05) is 6.61 Å². The topological polar surface area (TPSA) is 26.3 Å². The molecule has 2 aromatic carbocycles. The maximum absolute atomic E-state index is 11.8. The van der Waals surface area contributed by atoms with Gasteiger partial charge in [0, 0.05) is 0 Å². The van der Waals surface area contributed by atoms with Gasteiger partial charge in [-0.1, -0.05) is 60.7 Å². The van der Waals surface area contributed by atoms with Gasteiger partial charge in [-0.05, 0) is 37.1 Å². The van der Waals surface area contributed by atoms with E-state index >= 15 is 0 Å². The summed E-state index contributed by atoms with van der Waals surface area (Å²) in [5, 5.41) is 1.45. The second-order valence-corrected chi connectivity index (χ2v) is 11.6. The van der Waals surface area contributed by atoms with Gasteiger partial charge >= 0.3 is 5.97 Å². The van der Waals surface area contributed by atoms with Gasteiger partial charge in [0.25, 0.3) is 0 Å². The Hall–Kier alpha value is -1.87. The molecule has 22 heavy (non-hydrogen) atoms. The molecule has 0 atom stereocenters. The van der Waals surface area contributed by atoms with Crippen LogP contribution < -0.4 is 5.19 Å². The minimum atomic E-state index is -1.42. The second kappa shape index (κ2) is 6.49. The van der Waals surface area contributed by atoms with Gasteiger partial charge in [0.1, 0.15) is 0 Å². The Kier molecular flexibility index (Phi) is 4.86. The van der Waals surface area contributed by atoms with Gasteiger partial charge in [0.15, 0.2) is 0 Å². The number of carbonyl (C=O) groups excluding carboxylic acids is 1. The van der Waals surface area contributed by atoms with E-state index in [2.05, 4.69) is 44.8 Å². The molecule has 0 saturated carbocycles. The summed E-state index contributed by atoms with van der Waals surface area (Å²) in [4.78, 5) is 11.8. The highest BCUT2D eigenvalue weighted by molar-refractivity contribution is 6.89. The lowest BCUT2D eigenvalue weighted by molar-refractivity contribution is 0.0526. The van der Waals surface area contributed by atoms with Gasteiger partial charge in [-0.3, -0.25) is 0 Å². The van der Waals surface area contributed by atoms with Crippen molar-refractivity contribution in [3.63, 3.8) is 0 Å². The largest absolute Gasteiger partial charge is 0.462 e. The van der Waals surface area contributed by atoms with E-state index in [-0.39, 0.29) is 5.97 Å². The first kappa shape index (κ1) is 16.5. The average molecular weight is 312 g/mol. The lowest BCUT2D eigenvalue weighted by Gasteiger charge is -2.22. The molecule has 0 heterocycles. The highest BCUT2D eigenvalue weighted by atomic mass is 28.3. The third-order valence-electron chi connectivity index (χ3n) is 3.69. The zero-order valence-corrected chi connectivity index (χ0v) is 15.1. The van der Waals surface area contributed by atoms with Gasteiger partial charge in [-0.15, -0.1) is 0 Å². The first-order valence-electron chi connectivity index (χ1n) is 7.71. The van der Waals surface area contributed by atoms with E-state index in [1.807, 2.05) is 31.2 Å². The lowest BCUT2D eigenvalue weighted by Crippen LogP contribution is -2.39. The van der Waals surface area contributed by atoms with Crippen LogP contribution in [0, 0.1) is 6.92 Å². The summed E-state index contributed by atoms with van der Waals surface area (Å²) >= 11 is 0. The molecule has 0 bridgehead atoms. The fourth-order valence-corrected chi connectivity index (χ4v) is 4.16. The molecule has 0 aromatic heterocycles. The number of aryl methyl sites for hydroxylation is 1. The lowest BCUT2D eigenvalue weighted by atomic mass is 10.0. The summed E-state index contributed by atoms with van der Waals surface area (Å²) in [5.74, 6) is -0.260. The Morgan fingerprint density at radius 1 is 1.05 bits per heavy atom. The molecule has 0 spiro atoms. The summed E-state index contributed by atoms with van der Waals surface area (Å²) < 4.78 is 5.04. The Balaban J connectivity index is 2.44. The molecule has 0 radical (unpaired) electrons. The first-order valence-corrected chi connectivity index (χ1v) is 11.2. The van der Waals surface area contributed by atoms with Crippen LogP contribution in [0.25, 0.3) is 11.1 Å². The average Bonchev–Trinajstić information content (AvgIpc) is 2.46.